The van der Waals surface area contributed by atoms with Crippen LogP contribution in [0, 0.1) is 11.3 Å². The topological polar surface area (TPSA) is 66.2 Å². The smallest absolute Gasteiger partial charge is 0.213 e. The summed E-state index contributed by atoms with van der Waals surface area (Å²) < 4.78 is 7.57. The van der Waals surface area contributed by atoms with Gasteiger partial charge in [-0.25, -0.2) is 0 Å². The number of rotatable bonds is 8. The summed E-state index contributed by atoms with van der Waals surface area (Å²) in [5.41, 5.74) is 10.3. The highest BCUT2D eigenvalue weighted by atomic mass is 16.5. The third kappa shape index (κ3) is 4.92. The van der Waals surface area contributed by atoms with Crippen LogP contribution in [-0.2, 0) is 6.54 Å². The molecule has 0 unspecified atom stereocenters. The van der Waals surface area contributed by atoms with E-state index in [0.29, 0.717) is 13.0 Å². The van der Waals surface area contributed by atoms with Crippen molar-refractivity contribution in [1.29, 1.82) is 5.26 Å². The normalized spacial score (nSPS) is 11.0. The van der Waals surface area contributed by atoms with Gasteiger partial charge in [0.25, 0.3) is 0 Å². The monoisotopic (exact) mass is 387 g/mol. The van der Waals surface area contributed by atoms with Gasteiger partial charge in [0.2, 0.25) is 11.2 Å². The van der Waals surface area contributed by atoms with E-state index in [1.54, 1.807) is 7.11 Å². The van der Waals surface area contributed by atoms with Crippen molar-refractivity contribution in [2.45, 2.75) is 13.0 Å². The maximum Gasteiger partial charge on any atom is 0.213 e. The van der Waals surface area contributed by atoms with Gasteiger partial charge in [0.1, 0.15) is 5.75 Å². The van der Waals surface area contributed by atoms with Gasteiger partial charge in [-0.05, 0) is 42.0 Å². The zero-order chi connectivity index (χ0) is 20.6. The average molecular weight is 388 g/mol. The van der Waals surface area contributed by atoms with Gasteiger partial charge in [-0.15, -0.1) is 0 Å². The predicted octanol–water partition coefficient (Wildman–Crippen LogP) is 3.61. The van der Waals surface area contributed by atoms with E-state index in [9.17, 15) is 0 Å². The standard InChI is InChI=1S/C24H27N4O/c1-27(16-3-14-25)21-8-4-19(5-9-21)6-10-22-11-7-20-18-23(29-2)12-13-24(20)28(22)17-15-26/h4-13,18H,3,15-17,26H2,1-2H3/q+1. The van der Waals surface area contributed by atoms with Crippen molar-refractivity contribution in [3.05, 3.63) is 65.9 Å². The Hall–Kier alpha value is -3.36. The summed E-state index contributed by atoms with van der Waals surface area (Å²) in [5.74, 6) is 0.847. The minimum absolute atomic E-state index is 0.521. The van der Waals surface area contributed by atoms with E-state index in [0.717, 1.165) is 46.7 Å². The first-order valence-electron chi connectivity index (χ1n) is 9.73. The number of hydrogen-bond donors (Lipinski definition) is 1. The van der Waals surface area contributed by atoms with E-state index in [2.05, 4.69) is 70.2 Å². The number of nitrogens with zero attached hydrogens (tertiary/aromatic N) is 3. The Kier molecular flexibility index (Phi) is 6.83. The molecule has 5 heteroatoms. The second-order valence-corrected chi connectivity index (χ2v) is 6.88. The maximum atomic E-state index is 8.74. The Balaban J connectivity index is 1.86. The summed E-state index contributed by atoms with van der Waals surface area (Å²) in [6.07, 6.45) is 4.75. The SMILES string of the molecule is COc1ccc2c(ccc(/C=C/c3ccc(N(C)CCC#N)cc3)[n+]2CCN)c1. The predicted molar refractivity (Wildman–Crippen MR) is 119 cm³/mol. The fourth-order valence-corrected chi connectivity index (χ4v) is 3.34. The van der Waals surface area contributed by atoms with Crippen LogP contribution in [0.5, 0.6) is 5.75 Å². The molecule has 0 radical (unpaired) electrons. The number of pyridine rings is 1. The van der Waals surface area contributed by atoms with Crippen LogP contribution in [0.3, 0.4) is 0 Å². The average Bonchev–Trinajstić information content (AvgIpc) is 2.77. The molecule has 29 heavy (non-hydrogen) atoms. The molecular weight excluding hydrogens is 360 g/mol. The lowest BCUT2D eigenvalue weighted by Crippen LogP contribution is -2.41. The molecule has 2 aromatic carbocycles. The molecule has 0 aliphatic carbocycles. The highest BCUT2D eigenvalue weighted by molar-refractivity contribution is 5.79. The van der Waals surface area contributed by atoms with Crippen molar-refractivity contribution in [3.63, 3.8) is 0 Å². The summed E-state index contributed by atoms with van der Waals surface area (Å²) in [6, 6.07) is 20.8. The van der Waals surface area contributed by atoms with Crippen LogP contribution >= 0.6 is 0 Å². The summed E-state index contributed by atoms with van der Waals surface area (Å²) in [4.78, 5) is 2.09. The summed E-state index contributed by atoms with van der Waals surface area (Å²) >= 11 is 0. The molecule has 0 aliphatic heterocycles. The quantitative estimate of drug-likeness (QED) is 0.600. The third-order valence-electron chi connectivity index (χ3n) is 4.96. The molecule has 0 bridgehead atoms. The van der Waals surface area contributed by atoms with Crippen molar-refractivity contribution in [1.82, 2.24) is 0 Å². The van der Waals surface area contributed by atoms with Crippen molar-refractivity contribution in [2.24, 2.45) is 5.73 Å². The number of methoxy groups -OCH3 is 1. The Morgan fingerprint density at radius 2 is 1.90 bits per heavy atom. The molecular formula is C24H27N4O+. The first-order valence-corrected chi connectivity index (χ1v) is 9.73. The molecule has 1 aromatic heterocycles. The fraction of sp³-hybridized carbons (Fsp3) is 0.250. The molecule has 1 heterocycles. The first kappa shape index (κ1) is 20.4. The van der Waals surface area contributed by atoms with E-state index in [-0.39, 0.29) is 0 Å². The van der Waals surface area contributed by atoms with Crippen LogP contribution in [0.4, 0.5) is 5.69 Å². The number of ether oxygens (including phenoxy) is 1. The Morgan fingerprint density at radius 1 is 1.10 bits per heavy atom. The molecule has 3 aromatic rings. The zero-order valence-electron chi connectivity index (χ0n) is 17.0. The van der Waals surface area contributed by atoms with E-state index in [4.69, 9.17) is 15.7 Å². The number of nitriles is 1. The third-order valence-corrected chi connectivity index (χ3v) is 4.96. The zero-order valence-corrected chi connectivity index (χ0v) is 17.0. The highest BCUT2D eigenvalue weighted by Gasteiger charge is 2.13. The van der Waals surface area contributed by atoms with Crippen LogP contribution in [0.25, 0.3) is 23.1 Å². The van der Waals surface area contributed by atoms with E-state index < -0.39 is 0 Å². The Morgan fingerprint density at radius 3 is 2.59 bits per heavy atom. The molecule has 2 N–H and O–H groups in total. The van der Waals surface area contributed by atoms with Crippen LogP contribution in [-0.4, -0.2) is 27.2 Å². The number of anilines is 1. The molecule has 0 atom stereocenters. The van der Waals surface area contributed by atoms with Gasteiger partial charge >= 0.3 is 0 Å². The Labute approximate surface area is 172 Å². The second kappa shape index (κ2) is 9.72. The van der Waals surface area contributed by atoms with Gasteiger partial charge < -0.3 is 15.4 Å². The highest BCUT2D eigenvalue weighted by Crippen LogP contribution is 2.20. The van der Waals surface area contributed by atoms with E-state index in [1.165, 1.54) is 0 Å². The first-order chi connectivity index (χ1) is 14.2. The molecule has 5 nitrogen and oxygen atoms in total. The van der Waals surface area contributed by atoms with Crippen molar-refractivity contribution >= 4 is 28.7 Å². The lowest BCUT2D eigenvalue weighted by Gasteiger charge is -2.17. The van der Waals surface area contributed by atoms with Gasteiger partial charge in [0.15, 0.2) is 6.54 Å². The van der Waals surface area contributed by atoms with Crippen LogP contribution in [0.1, 0.15) is 17.7 Å². The Bertz CT molecular complexity index is 1040. The largest absolute Gasteiger partial charge is 0.497 e. The van der Waals surface area contributed by atoms with Gasteiger partial charge in [-0.1, -0.05) is 12.1 Å². The summed E-state index contributed by atoms with van der Waals surface area (Å²) in [7, 11) is 3.68. The molecule has 0 fully saturated rings. The van der Waals surface area contributed by atoms with Gasteiger partial charge in [-0.2, -0.15) is 9.83 Å². The lowest BCUT2D eigenvalue weighted by atomic mass is 10.1. The molecule has 0 amide bonds. The molecule has 3 rings (SSSR count). The molecule has 148 valence electrons. The van der Waals surface area contributed by atoms with E-state index in [1.807, 2.05) is 19.2 Å². The lowest BCUT2D eigenvalue weighted by molar-refractivity contribution is -0.670. The minimum atomic E-state index is 0.521. The molecule has 0 saturated heterocycles. The number of aromatic nitrogens is 1. The minimum Gasteiger partial charge on any atom is -0.497 e. The summed E-state index contributed by atoms with van der Waals surface area (Å²) in [5, 5.41) is 9.86. The molecule has 0 saturated carbocycles. The number of benzene rings is 2. The van der Waals surface area contributed by atoms with Crippen LogP contribution in [0.15, 0.2) is 54.6 Å². The number of hydrogen-bond acceptors (Lipinski definition) is 4. The fourth-order valence-electron chi connectivity index (χ4n) is 3.34. The maximum absolute atomic E-state index is 8.74. The van der Waals surface area contributed by atoms with E-state index >= 15 is 0 Å². The van der Waals surface area contributed by atoms with Crippen molar-refractivity contribution in [3.8, 4) is 11.8 Å². The summed E-state index contributed by atoms with van der Waals surface area (Å²) in [6.45, 7) is 2.04. The second-order valence-electron chi connectivity index (χ2n) is 6.88. The van der Waals surface area contributed by atoms with Gasteiger partial charge in [0.05, 0.1) is 31.5 Å². The molecule has 0 aliphatic rings. The van der Waals surface area contributed by atoms with Crippen molar-refractivity contribution < 1.29 is 9.30 Å². The van der Waals surface area contributed by atoms with Crippen LogP contribution < -0.4 is 19.9 Å². The number of nitrogens with two attached hydrogens (primary N) is 1. The molecule has 0 spiro atoms. The van der Waals surface area contributed by atoms with Crippen molar-refractivity contribution in [2.75, 3.05) is 32.1 Å². The van der Waals surface area contributed by atoms with Gasteiger partial charge in [0, 0.05) is 37.5 Å². The number of fused-ring (bicyclic) bond motifs is 1. The van der Waals surface area contributed by atoms with Crippen LogP contribution in [0.2, 0.25) is 0 Å². The van der Waals surface area contributed by atoms with Gasteiger partial charge in [-0.3, -0.25) is 0 Å².